The minimum absolute atomic E-state index is 0.104. The fraction of sp³-hybridized carbons (Fsp3) is 0.500. The Morgan fingerprint density at radius 3 is 2.50 bits per heavy atom. The molecule has 0 aliphatic heterocycles. The molecule has 0 radical (unpaired) electrons. The van der Waals surface area contributed by atoms with Gasteiger partial charge in [0.05, 0.1) is 5.69 Å². The summed E-state index contributed by atoms with van der Waals surface area (Å²) in [5, 5.41) is 8.80. The second-order valence-corrected chi connectivity index (χ2v) is 4.07. The third-order valence-corrected chi connectivity index (χ3v) is 2.77. The van der Waals surface area contributed by atoms with Crippen molar-refractivity contribution in [3.63, 3.8) is 0 Å². The highest BCUT2D eigenvalue weighted by atomic mass is 15.0. The molecule has 1 heterocycles. The summed E-state index contributed by atoms with van der Waals surface area (Å²) >= 11 is 0. The number of nitrogen functional groups attached to an aromatic ring is 1. The molecular weight excluding hydrogens is 176 g/mol. The largest absolute Gasteiger partial charge is 0.382 e. The molecule has 0 spiro atoms. The maximum Gasteiger partial charge on any atom is 0.145 e. The van der Waals surface area contributed by atoms with Crippen molar-refractivity contribution in [3.8, 4) is 6.07 Å². The van der Waals surface area contributed by atoms with Crippen molar-refractivity contribution in [2.24, 2.45) is 0 Å². The van der Waals surface area contributed by atoms with E-state index in [9.17, 15) is 0 Å². The van der Waals surface area contributed by atoms with E-state index in [1.807, 2.05) is 6.07 Å². The average Bonchev–Trinajstić information content (AvgIpc) is 2.84. The first-order valence-corrected chi connectivity index (χ1v) is 4.61. The van der Waals surface area contributed by atoms with Gasteiger partial charge in [-0.2, -0.15) is 5.26 Å². The van der Waals surface area contributed by atoms with Gasteiger partial charge in [0.2, 0.25) is 0 Å². The van der Waals surface area contributed by atoms with Crippen LogP contribution in [-0.2, 0) is 5.41 Å². The molecule has 0 unspecified atom stereocenters. The Kier molecular flexibility index (Phi) is 1.71. The highest BCUT2D eigenvalue weighted by molar-refractivity contribution is 5.51. The van der Waals surface area contributed by atoms with E-state index >= 15 is 0 Å². The van der Waals surface area contributed by atoms with Gasteiger partial charge in [-0.05, 0) is 19.8 Å². The fourth-order valence-corrected chi connectivity index (χ4v) is 1.41. The lowest BCUT2D eigenvalue weighted by molar-refractivity contribution is 0.704. The molecule has 0 amide bonds. The number of rotatable bonds is 1. The van der Waals surface area contributed by atoms with E-state index in [1.165, 1.54) is 0 Å². The van der Waals surface area contributed by atoms with Gasteiger partial charge in [0, 0.05) is 5.41 Å². The molecule has 2 rings (SSSR count). The first kappa shape index (κ1) is 8.95. The Balaban J connectivity index is 2.53. The molecule has 72 valence electrons. The van der Waals surface area contributed by atoms with Crippen LogP contribution >= 0.6 is 0 Å². The molecular formula is C10H12N4. The number of anilines is 1. The van der Waals surface area contributed by atoms with Crippen LogP contribution < -0.4 is 5.73 Å². The smallest absolute Gasteiger partial charge is 0.145 e. The summed E-state index contributed by atoms with van der Waals surface area (Å²) in [7, 11) is 0. The molecule has 4 nitrogen and oxygen atoms in total. The lowest BCUT2D eigenvalue weighted by atomic mass is 10.1. The Morgan fingerprint density at radius 1 is 1.43 bits per heavy atom. The van der Waals surface area contributed by atoms with Crippen molar-refractivity contribution in [2.45, 2.75) is 32.1 Å². The van der Waals surface area contributed by atoms with Gasteiger partial charge in [0.15, 0.2) is 0 Å². The van der Waals surface area contributed by atoms with E-state index in [1.54, 1.807) is 6.92 Å². The molecule has 1 aliphatic carbocycles. The molecule has 0 atom stereocenters. The molecule has 4 heteroatoms. The van der Waals surface area contributed by atoms with E-state index in [4.69, 9.17) is 11.0 Å². The number of nitriles is 1. The molecule has 0 bridgehead atoms. The van der Waals surface area contributed by atoms with Gasteiger partial charge >= 0.3 is 0 Å². The first-order chi connectivity index (χ1) is 6.57. The average molecular weight is 188 g/mol. The molecule has 1 saturated carbocycles. The topological polar surface area (TPSA) is 75.6 Å². The minimum atomic E-state index is 0.104. The molecule has 14 heavy (non-hydrogen) atoms. The maximum absolute atomic E-state index is 8.80. The van der Waals surface area contributed by atoms with Gasteiger partial charge < -0.3 is 5.73 Å². The third-order valence-electron chi connectivity index (χ3n) is 2.77. The Bertz CT molecular complexity index is 403. The van der Waals surface area contributed by atoms with Crippen molar-refractivity contribution in [1.29, 1.82) is 5.26 Å². The summed E-state index contributed by atoms with van der Waals surface area (Å²) in [5.41, 5.74) is 6.87. The van der Waals surface area contributed by atoms with Crippen molar-refractivity contribution >= 4 is 5.82 Å². The monoisotopic (exact) mass is 188 g/mol. The van der Waals surface area contributed by atoms with E-state index in [2.05, 4.69) is 16.9 Å². The van der Waals surface area contributed by atoms with Gasteiger partial charge in [-0.1, -0.05) is 6.92 Å². The van der Waals surface area contributed by atoms with Crippen molar-refractivity contribution in [1.82, 2.24) is 9.97 Å². The highest BCUT2D eigenvalue weighted by Gasteiger charge is 2.42. The van der Waals surface area contributed by atoms with E-state index in [0.717, 1.165) is 18.7 Å². The van der Waals surface area contributed by atoms with Crippen LogP contribution in [0.25, 0.3) is 0 Å². The van der Waals surface area contributed by atoms with E-state index < -0.39 is 0 Å². The molecule has 1 aromatic rings. The third kappa shape index (κ3) is 1.22. The number of nitrogens with zero attached hydrogens (tertiary/aromatic N) is 3. The zero-order valence-corrected chi connectivity index (χ0v) is 8.33. The van der Waals surface area contributed by atoms with E-state index in [-0.39, 0.29) is 5.41 Å². The van der Waals surface area contributed by atoms with Crippen LogP contribution in [0.15, 0.2) is 0 Å². The fourth-order valence-electron chi connectivity index (χ4n) is 1.41. The summed E-state index contributed by atoms with van der Waals surface area (Å²) in [6.45, 7) is 3.92. The van der Waals surface area contributed by atoms with Crippen molar-refractivity contribution < 1.29 is 0 Å². The zero-order chi connectivity index (χ0) is 10.3. The number of aryl methyl sites for hydroxylation is 1. The predicted octanol–water partition coefficient (Wildman–Crippen LogP) is 1.29. The van der Waals surface area contributed by atoms with Crippen LogP contribution in [0.4, 0.5) is 5.82 Å². The quantitative estimate of drug-likeness (QED) is 0.720. The summed E-state index contributed by atoms with van der Waals surface area (Å²) in [5.74, 6) is 1.09. The van der Waals surface area contributed by atoms with Crippen LogP contribution in [0.2, 0.25) is 0 Å². The van der Waals surface area contributed by atoms with Gasteiger partial charge in [-0.3, -0.25) is 0 Å². The SMILES string of the molecule is Cc1nc(C2(C)CC2)nc(N)c1C#N. The summed E-state index contributed by atoms with van der Waals surface area (Å²) in [4.78, 5) is 8.51. The number of hydrogen-bond acceptors (Lipinski definition) is 4. The zero-order valence-electron chi connectivity index (χ0n) is 8.33. The lowest BCUT2D eigenvalue weighted by Crippen LogP contribution is -2.11. The van der Waals surface area contributed by atoms with Gasteiger partial charge in [-0.25, -0.2) is 9.97 Å². The van der Waals surface area contributed by atoms with Crippen LogP contribution in [-0.4, -0.2) is 9.97 Å². The van der Waals surface area contributed by atoms with Crippen molar-refractivity contribution in [2.75, 3.05) is 5.73 Å². The Labute approximate surface area is 82.8 Å². The lowest BCUT2D eigenvalue weighted by Gasteiger charge is -2.09. The molecule has 1 fully saturated rings. The van der Waals surface area contributed by atoms with Crippen molar-refractivity contribution in [3.05, 3.63) is 17.1 Å². The number of hydrogen-bond donors (Lipinski definition) is 1. The van der Waals surface area contributed by atoms with Gasteiger partial charge in [-0.15, -0.1) is 0 Å². The second-order valence-electron chi connectivity index (χ2n) is 4.07. The van der Waals surface area contributed by atoms with E-state index in [0.29, 0.717) is 17.1 Å². The maximum atomic E-state index is 8.80. The molecule has 1 aliphatic rings. The normalized spacial score (nSPS) is 17.5. The first-order valence-electron chi connectivity index (χ1n) is 4.61. The standard InChI is InChI=1S/C10H12N4/c1-6-7(5-11)8(12)14-9(13-6)10(2)3-4-10/h3-4H2,1-2H3,(H2,12,13,14). The predicted molar refractivity (Wildman–Crippen MR) is 52.5 cm³/mol. The Morgan fingerprint density at radius 2 is 2.07 bits per heavy atom. The van der Waals surface area contributed by atoms with Gasteiger partial charge in [0.25, 0.3) is 0 Å². The van der Waals surface area contributed by atoms with Crippen LogP contribution in [0.5, 0.6) is 0 Å². The van der Waals surface area contributed by atoms with Gasteiger partial charge in [0.1, 0.15) is 23.3 Å². The molecule has 0 aromatic carbocycles. The number of aromatic nitrogens is 2. The Hall–Kier alpha value is -1.63. The summed E-state index contributed by atoms with van der Waals surface area (Å²) in [6.07, 6.45) is 2.22. The van der Waals surface area contributed by atoms with Crippen LogP contribution in [0.1, 0.15) is 36.8 Å². The molecule has 2 N–H and O–H groups in total. The molecule has 0 saturated heterocycles. The highest BCUT2D eigenvalue weighted by Crippen LogP contribution is 2.46. The number of nitrogens with two attached hydrogens (primary N) is 1. The van der Waals surface area contributed by atoms with Crippen LogP contribution in [0.3, 0.4) is 0 Å². The van der Waals surface area contributed by atoms with Crippen LogP contribution in [0, 0.1) is 18.3 Å². The summed E-state index contributed by atoms with van der Waals surface area (Å²) in [6, 6.07) is 2.01. The molecule has 1 aromatic heterocycles. The second kappa shape index (κ2) is 2.68. The summed E-state index contributed by atoms with van der Waals surface area (Å²) < 4.78 is 0. The minimum Gasteiger partial charge on any atom is -0.382 e.